The maximum atomic E-state index is 2.29. The molecule has 1 rings (SSSR count). The van der Waals surface area contributed by atoms with Gasteiger partial charge in [0, 0.05) is 0 Å². The molecule has 0 nitrogen and oxygen atoms in total. The molecule has 0 heteroatoms. The molecular weight excluding hydrogens is 168 g/mol. The molecule has 0 aliphatic carbocycles. The molecule has 0 heterocycles. The van der Waals surface area contributed by atoms with E-state index in [4.69, 9.17) is 0 Å². The summed E-state index contributed by atoms with van der Waals surface area (Å²) in [6, 6.07) is 6.64. The number of hydrogen-bond acceptors (Lipinski definition) is 0. The van der Waals surface area contributed by atoms with E-state index in [0.717, 1.165) is 0 Å². The third-order valence-corrected chi connectivity index (χ3v) is 2.68. The first-order chi connectivity index (χ1) is 6.34. The number of aryl methyl sites for hydroxylation is 1. The summed E-state index contributed by atoms with van der Waals surface area (Å²) in [5.74, 6) is 0.615. The van der Waals surface area contributed by atoms with E-state index in [9.17, 15) is 0 Å². The van der Waals surface area contributed by atoms with Gasteiger partial charge in [-0.3, -0.25) is 0 Å². The average molecular weight is 190 g/mol. The minimum atomic E-state index is 0.255. The maximum Gasteiger partial charge on any atom is -0.0126 e. The van der Waals surface area contributed by atoms with E-state index in [0.29, 0.717) is 5.92 Å². The van der Waals surface area contributed by atoms with Crippen molar-refractivity contribution >= 4 is 0 Å². The lowest BCUT2D eigenvalue weighted by molar-refractivity contribution is 0.573. The lowest BCUT2D eigenvalue weighted by Gasteiger charge is -2.27. The second-order valence-corrected chi connectivity index (χ2v) is 5.44. The van der Waals surface area contributed by atoms with Gasteiger partial charge in [-0.15, -0.1) is 0 Å². The first-order valence-electron chi connectivity index (χ1n) is 5.44. The molecule has 0 aliphatic heterocycles. The highest BCUT2D eigenvalue weighted by atomic mass is 14.3. The van der Waals surface area contributed by atoms with Gasteiger partial charge in [0.2, 0.25) is 0 Å². The van der Waals surface area contributed by atoms with Gasteiger partial charge >= 0.3 is 0 Å². The van der Waals surface area contributed by atoms with Crippen molar-refractivity contribution in [3.63, 3.8) is 0 Å². The molecule has 14 heavy (non-hydrogen) atoms. The number of rotatable bonds is 1. The standard InChI is InChI=1S/C14H22/c1-10(2)12-9-7-8-11(3)13(12)14(4,5)6/h7-10H,1-6H3. The molecule has 0 radical (unpaired) electrons. The molecule has 0 aromatic heterocycles. The van der Waals surface area contributed by atoms with Crippen LogP contribution in [0.25, 0.3) is 0 Å². The summed E-state index contributed by atoms with van der Waals surface area (Å²) in [6.45, 7) is 13.6. The van der Waals surface area contributed by atoms with Crippen LogP contribution in [0.2, 0.25) is 0 Å². The van der Waals surface area contributed by atoms with Crippen molar-refractivity contribution < 1.29 is 0 Å². The molecule has 1 aromatic rings. The Morgan fingerprint density at radius 1 is 1.07 bits per heavy atom. The van der Waals surface area contributed by atoms with Gasteiger partial charge in [-0.1, -0.05) is 52.8 Å². The Morgan fingerprint density at radius 2 is 1.64 bits per heavy atom. The summed E-state index contributed by atoms with van der Waals surface area (Å²) < 4.78 is 0. The Morgan fingerprint density at radius 3 is 2.00 bits per heavy atom. The van der Waals surface area contributed by atoms with E-state index in [2.05, 4.69) is 59.7 Å². The third kappa shape index (κ3) is 2.17. The van der Waals surface area contributed by atoms with Crippen molar-refractivity contribution in [3.8, 4) is 0 Å². The minimum absolute atomic E-state index is 0.255. The van der Waals surface area contributed by atoms with Gasteiger partial charge in [-0.25, -0.2) is 0 Å². The zero-order valence-electron chi connectivity index (χ0n) is 10.3. The first kappa shape index (κ1) is 11.3. The molecule has 0 atom stereocenters. The number of hydrogen-bond donors (Lipinski definition) is 0. The summed E-state index contributed by atoms with van der Waals surface area (Å²) in [7, 11) is 0. The van der Waals surface area contributed by atoms with E-state index < -0.39 is 0 Å². The van der Waals surface area contributed by atoms with Gasteiger partial charge in [0.05, 0.1) is 0 Å². The molecule has 78 valence electrons. The van der Waals surface area contributed by atoms with Crippen LogP contribution < -0.4 is 0 Å². The van der Waals surface area contributed by atoms with Gasteiger partial charge in [-0.2, -0.15) is 0 Å². The monoisotopic (exact) mass is 190 g/mol. The zero-order valence-corrected chi connectivity index (χ0v) is 10.3. The van der Waals surface area contributed by atoms with Crippen molar-refractivity contribution in [3.05, 3.63) is 34.9 Å². The number of benzene rings is 1. The Bertz CT molecular complexity index is 313. The smallest absolute Gasteiger partial charge is 0.0126 e. The second kappa shape index (κ2) is 3.76. The van der Waals surface area contributed by atoms with Crippen LogP contribution in [0.4, 0.5) is 0 Å². The Kier molecular flexibility index (Phi) is 3.04. The fourth-order valence-electron chi connectivity index (χ4n) is 2.20. The topological polar surface area (TPSA) is 0 Å². The third-order valence-electron chi connectivity index (χ3n) is 2.68. The van der Waals surface area contributed by atoms with Gasteiger partial charge < -0.3 is 0 Å². The molecule has 0 bridgehead atoms. The molecule has 0 saturated heterocycles. The van der Waals surface area contributed by atoms with Crippen LogP contribution in [0.3, 0.4) is 0 Å². The molecule has 0 spiro atoms. The SMILES string of the molecule is Cc1cccc(C(C)C)c1C(C)(C)C. The molecule has 0 amide bonds. The minimum Gasteiger partial charge on any atom is -0.0617 e. The highest BCUT2D eigenvalue weighted by molar-refractivity contribution is 5.41. The van der Waals surface area contributed by atoms with E-state index in [-0.39, 0.29) is 5.41 Å². The largest absolute Gasteiger partial charge is 0.0617 e. The van der Waals surface area contributed by atoms with Gasteiger partial charge in [-0.05, 0) is 34.9 Å². The fourth-order valence-corrected chi connectivity index (χ4v) is 2.20. The highest BCUT2D eigenvalue weighted by Crippen LogP contribution is 2.32. The average Bonchev–Trinajstić information content (AvgIpc) is 2.01. The van der Waals surface area contributed by atoms with E-state index in [1.54, 1.807) is 0 Å². The van der Waals surface area contributed by atoms with Gasteiger partial charge in [0.25, 0.3) is 0 Å². The van der Waals surface area contributed by atoms with Gasteiger partial charge in [0.15, 0.2) is 0 Å². The Hall–Kier alpha value is -0.780. The summed E-state index contributed by atoms with van der Waals surface area (Å²) in [5, 5.41) is 0. The molecule has 0 unspecified atom stereocenters. The molecular formula is C14H22. The van der Waals surface area contributed by atoms with Crippen molar-refractivity contribution in [2.45, 2.75) is 52.9 Å². The van der Waals surface area contributed by atoms with E-state index in [1.165, 1.54) is 16.7 Å². The summed E-state index contributed by atoms with van der Waals surface area (Å²) in [5.41, 5.74) is 4.70. The molecule has 0 aliphatic rings. The Labute approximate surface area is 88.4 Å². The van der Waals surface area contributed by atoms with Crippen LogP contribution in [0, 0.1) is 6.92 Å². The van der Waals surface area contributed by atoms with Crippen LogP contribution in [-0.4, -0.2) is 0 Å². The summed E-state index contributed by atoms with van der Waals surface area (Å²) in [4.78, 5) is 0. The van der Waals surface area contributed by atoms with E-state index >= 15 is 0 Å². The molecule has 0 N–H and O–H groups in total. The quantitative estimate of drug-likeness (QED) is 0.615. The van der Waals surface area contributed by atoms with Crippen molar-refractivity contribution in [1.29, 1.82) is 0 Å². The lowest BCUT2D eigenvalue weighted by atomic mass is 9.78. The van der Waals surface area contributed by atoms with Crippen LogP contribution in [0.15, 0.2) is 18.2 Å². The summed E-state index contributed by atoms with van der Waals surface area (Å²) in [6.07, 6.45) is 0. The summed E-state index contributed by atoms with van der Waals surface area (Å²) >= 11 is 0. The highest BCUT2D eigenvalue weighted by Gasteiger charge is 2.20. The lowest BCUT2D eigenvalue weighted by Crippen LogP contribution is -2.16. The second-order valence-electron chi connectivity index (χ2n) is 5.44. The normalized spacial score (nSPS) is 12.2. The van der Waals surface area contributed by atoms with Crippen LogP contribution in [0.5, 0.6) is 0 Å². The molecule has 0 fully saturated rings. The van der Waals surface area contributed by atoms with Crippen molar-refractivity contribution in [1.82, 2.24) is 0 Å². The maximum absolute atomic E-state index is 2.29. The Balaban J connectivity index is 3.38. The predicted molar refractivity (Wildman–Crippen MR) is 64.0 cm³/mol. The van der Waals surface area contributed by atoms with E-state index in [1.807, 2.05) is 0 Å². The molecule has 0 saturated carbocycles. The molecule has 1 aromatic carbocycles. The fraction of sp³-hybridized carbons (Fsp3) is 0.571. The van der Waals surface area contributed by atoms with Gasteiger partial charge in [0.1, 0.15) is 0 Å². The van der Waals surface area contributed by atoms with Crippen molar-refractivity contribution in [2.24, 2.45) is 0 Å². The van der Waals surface area contributed by atoms with Crippen LogP contribution in [-0.2, 0) is 5.41 Å². The predicted octanol–water partition coefficient (Wildman–Crippen LogP) is 4.42. The van der Waals surface area contributed by atoms with Crippen molar-refractivity contribution in [2.75, 3.05) is 0 Å². The van der Waals surface area contributed by atoms with Crippen LogP contribution in [0.1, 0.15) is 57.2 Å². The van der Waals surface area contributed by atoms with Crippen LogP contribution >= 0.6 is 0 Å². The first-order valence-corrected chi connectivity index (χ1v) is 5.44. The zero-order chi connectivity index (χ0) is 10.9.